The highest BCUT2D eigenvalue weighted by atomic mass is 16.1. The Labute approximate surface area is 198 Å². The maximum atomic E-state index is 13.3. The molecule has 0 atom stereocenters. The third-order valence-electron chi connectivity index (χ3n) is 6.54. The largest absolute Gasteiger partial charge is 0.367 e. The average molecular weight is 454 g/mol. The van der Waals surface area contributed by atoms with E-state index in [-0.39, 0.29) is 23.8 Å². The minimum atomic E-state index is -0.0467. The number of nitrogens with zero attached hydrogens (tertiary/aromatic N) is 2. The van der Waals surface area contributed by atoms with Crippen LogP contribution in [-0.2, 0) is 0 Å². The fraction of sp³-hybridized carbons (Fsp3) is 0.259. The van der Waals surface area contributed by atoms with Crippen molar-refractivity contribution in [3.05, 3.63) is 89.4 Å². The summed E-state index contributed by atoms with van der Waals surface area (Å²) in [6, 6.07) is 17.3. The van der Waals surface area contributed by atoms with Crippen molar-refractivity contribution in [1.82, 2.24) is 20.3 Å². The molecule has 2 aromatic heterocycles. The molecular formula is C27H27N5O2. The summed E-state index contributed by atoms with van der Waals surface area (Å²) in [6.07, 6.45) is 6.79. The number of H-pyrrole nitrogens is 1. The van der Waals surface area contributed by atoms with E-state index in [9.17, 15) is 9.59 Å². The van der Waals surface area contributed by atoms with E-state index < -0.39 is 0 Å². The van der Waals surface area contributed by atoms with Gasteiger partial charge in [0.1, 0.15) is 17.8 Å². The quantitative estimate of drug-likeness (QED) is 0.369. The van der Waals surface area contributed by atoms with Crippen LogP contribution in [0, 0.1) is 6.92 Å². The number of carbonyl (C=O) groups excluding carboxylic acids is 2. The van der Waals surface area contributed by atoms with Gasteiger partial charge < -0.3 is 15.6 Å². The smallest absolute Gasteiger partial charge is 0.251 e. The van der Waals surface area contributed by atoms with Crippen LogP contribution >= 0.6 is 0 Å². The number of ketones is 1. The Morgan fingerprint density at radius 3 is 2.35 bits per heavy atom. The van der Waals surface area contributed by atoms with Crippen LogP contribution in [0.25, 0.3) is 11.0 Å². The van der Waals surface area contributed by atoms with Gasteiger partial charge in [0.2, 0.25) is 0 Å². The number of carbonyl (C=O) groups is 2. The minimum absolute atomic E-state index is 0.0267. The Hall–Kier alpha value is -4.00. The summed E-state index contributed by atoms with van der Waals surface area (Å²) in [4.78, 5) is 37.7. The molecule has 5 rings (SSSR count). The van der Waals surface area contributed by atoms with E-state index in [4.69, 9.17) is 0 Å². The fourth-order valence-electron chi connectivity index (χ4n) is 4.66. The van der Waals surface area contributed by atoms with Gasteiger partial charge in [0.15, 0.2) is 5.78 Å². The van der Waals surface area contributed by atoms with Gasteiger partial charge in [-0.25, -0.2) is 9.97 Å². The van der Waals surface area contributed by atoms with E-state index in [0.717, 1.165) is 36.6 Å². The van der Waals surface area contributed by atoms with Gasteiger partial charge in [-0.05, 0) is 50.3 Å². The standard InChI is InChI=1S/C27H27N5O2/c1-17-7-5-6-10-21(17)24(33)22-15-28-25-23(22)26(30-16-29-25)31-19-11-13-20(14-12-19)32-27(34)18-8-3-2-4-9-18/h2-10,15-16,19-20H,11-14H2,1H3,(H,32,34)(H2,28,29,30,31). The number of hydrogen-bond acceptors (Lipinski definition) is 5. The van der Waals surface area contributed by atoms with Crippen molar-refractivity contribution >= 4 is 28.5 Å². The molecule has 1 amide bonds. The Morgan fingerprint density at radius 1 is 0.882 bits per heavy atom. The molecular weight excluding hydrogens is 426 g/mol. The number of amides is 1. The second-order valence-corrected chi connectivity index (χ2v) is 8.82. The highest BCUT2D eigenvalue weighted by molar-refractivity contribution is 6.18. The molecule has 0 saturated heterocycles. The number of hydrogen-bond donors (Lipinski definition) is 3. The lowest BCUT2D eigenvalue weighted by molar-refractivity contribution is 0.0926. The molecule has 1 aliphatic rings. The lowest BCUT2D eigenvalue weighted by Gasteiger charge is -2.30. The molecule has 7 nitrogen and oxygen atoms in total. The highest BCUT2D eigenvalue weighted by Crippen LogP contribution is 2.29. The number of anilines is 1. The Balaban J connectivity index is 1.29. The van der Waals surface area contributed by atoms with E-state index in [1.54, 1.807) is 6.20 Å². The van der Waals surface area contributed by atoms with Crippen LogP contribution < -0.4 is 10.6 Å². The molecule has 1 fully saturated rings. The molecule has 0 spiro atoms. The second-order valence-electron chi connectivity index (χ2n) is 8.82. The predicted octanol–water partition coefficient (Wildman–Crippen LogP) is 4.65. The molecule has 0 aliphatic heterocycles. The van der Waals surface area contributed by atoms with E-state index in [2.05, 4.69) is 25.6 Å². The molecule has 1 aliphatic carbocycles. The average Bonchev–Trinajstić information content (AvgIpc) is 3.31. The van der Waals surface area contributed by atoms with Gasteiger partial charge in [-0.15, -0.1) is 0 Å². The van der Waals surface area contributed by atoms with Gasteiger partial charge in [0.05, 0.1) is 10.9 Å². The first-order valence-electron chi connectivity index (χ1n) is 11.6. The molecule has 2 heterocycles. The Morgan fingerprint density at radius 2 is 1.59 bits per heavy atom. The van der Waals surface area contributed by atoms with Crippen LogP contribution in [-0.4, -0.2) is 38.7 Å². The van der Waals surface area contributed by atoms with Crippen LogP contribution in [0.15, 0.2) is 67.1 Å². The number of aromatic nitrogens is 3. The summed E-state index contributed by atoms with van der Waals surface area (Å²) in [5, 5.41) is 7.41. The van der Waals surface area contributed by atoms with Crippen molar-refractivity contribution in [1.29, 1.82) is 0 Å². The minimum Gasteiger partial charge on any atom is -0.367 e. The summed E-state index contributed by atoms with van der Waals surface area (Å²) in [7, 11) is 0. The topological polar surface area (TPSA) is 99.8 Å². The van der Waals surface area contributed by atoms with Crippen LogP contribution in [0.2, 0.25) is 0 Å². The van der Waals surface area contributed by atoms with Crippen molar-refractivity contribution in [2.75, 3.05) is 5.32 Å². The van der Waals surface area contributed by atoms with Gasteiger partial charge in [-0.2, -0.15) is 0 Å². The monoisotopic (exact) mass is 453 g/mol. The van der Waals surface area contributed by atoms with E-state index >= 15 is 0 Å². The van der Waals surface area contributed by atoms with Gasteiger partial charge in [0.25, 0.3) is 5.91 Å². The first kappa shape index (κ1) is 21.8. The number of nitrogens with one attached hydrogen (secondary N) is 3. The third-order valence-corrected chi connectivity index (χ3v) is 6.54. The number of fused-ring (bicyclic) bond motifs is 1. The van der Waals surface area contributed by atoms with Gasteiger partial charge in [-0.3, -0.25) is 9.59 Å². The SMILES string of the molecule is Cc1ccccc1C(=O)c1c[nH]c2ncnc(NC3CCC(NC(=O)c4ccccc4)CC3)c12. The van der Waals surface area contributed by atoms with Crippen LogP contribution in [0.4, 0.5) is 5.82 Å². The van der Waals surface area contributed by atoms with Gasteiger partial charge in [-0.1, -0.05) is 42.5 Å². The Kier molecular flexibility index (Phi) is 6.08. The number of rotatable bonds is 6. The first-order valence-corrected chi connectivity index (χ1v) is 11.6. The fourth-order valence-corrected chi connectivity index (χ4v) is 4.66. The van der Waals surface area contributed by atoms with Crippen LogP contribution in [0.1, 0.15) is 57.5 Å². The zero-order chi connectivity index (χ0) is 23.5. The molecule has 2 aromatic carbocycles. The molecule has 0 bridgehead atoms. The zero-order valence-electron chi connectivity index (χ0n) is 19.0. The maximum absolute atomic E-state index is 13.3. The molecule has 4 aromatic rings. The van der Waals surface area contributed by atoms with Crippen molar-refractivity contribution in [3.63, 3.8) is 0 Å². The lowest BCUT2D eigenvalue weighted by atomic mass is 9.90. The summed E-state index contributed by atoms with van der Waals surface area (Å²) in [5.74, 6) is 0.593. The maximum Gasteiger partial charge on any atom is 0.251 e. The Bertz CT molecular complexity index is 1320. The van der Waals surface area contributed by atoms with Crippen molar-refractivity contribution < 1.29 is 9.59 Å². The lowest BCUT2D eigenvalue weighted by Crippen LogP contribution is -2.40. The number of aryl methyl sites for hydroxylation is 1. The van der Waals surface area contributed by atoms with Crippen molar-refractivity contribution in [2.24, 2.45) is 0 Å². The first-order chi connectivity index (χ1) is 16.6. The predicted molar refractivity (Wildman–Crippen MR) is 132 cm³/mol. The van der Waals surface area contributed by atoms with E-state index in [1.807, 2.05) is 61.5 Å². The van der Waals surface area contributed by atoms with Crippen molar-refractivity contribution in [2.45, 2.75) is 44.7 Å². The second kappa shape index (κ2) is 9.47. The number of aromatic amines is 1. The molecule has 7 heteroatoms. The van der Waals surface area contributed by atoms with Crippen LogP contribution in [0.5, 0.6) is 0 Å². The van der Waals surface area contributed by atoms with Gasteiger partial charge >= 0.3 is 0 Å². The normalized spacial score (nSPS) is 17.9. The zero-order valence-corrected chi connectivity index (χ0v) is 19.0. The summed E-state index contributed by atoms with van der Waals surface area (Å²) in [5.41, 5.74) is 3.50. The number of benzene rings is 2. The summed E-state index contributed by atoms with van der Waals surface area (Å²) < 4.78 is 0. The molecule has 172 valence electrons. The molecule has 0 radical (unpaired) electrons. The van der Waals surface area contributed by atoms with Crippen LogP contribution in [0.3, 0.4) is 0 Å². The van der Waals surface area contributed by atoms with E-state index in [0.29, 0.717) is 28.2 Å². The third kappa shape index (κ3) is 4.41. The molecule has 1 saturated carbocycles. The molecule has 34 heavy (non-hydrogen) atoms. The summed E-state index contributed by atoms with van der Waals surface area (Å²) >= 11 is 0. The van der Waals surface area contributed by atoms with Gasteiger partial charge in [0, 0.05) is 29.4 Å². The highest BCUT2D eigenvalue weighted by Gasteiger charge is 2.25. The molecule has 0 unspecified atom stereocenters. The summed E-state index contributed by atoms with van der Waals surface area (Å²) in [6.45, 7) is 1.94. The van der Waals surface area contributed by atoms with E-state index in [1.165, 1.54) is 6.33 Å². The molecule has 3 N–H and O–H groups in total. The van der Waals surface area contributed by atoms with Crippen molar-refractivity contribution in [3.8, 4) is 0 Å².